The zero-order valence-electron chi connectivity index (χ0n) is 18.2. The zero-order chi connectivity index (χ0) is 23.5. The number of benzene rings is 2. The number of carbonyl (C=O) groups is 1. The molecule has 0 unspecified atom stereocenters. The van der Waals surface area contributed by atoms with Crippen LogP contribution < -0.4 is 14.4 Å². The van der Waals surface area contributed by atoms with Crippen molar-refractivity contribution >= 4 is 37.3 Å². The van der Waals surface area contributed by atoms with Gasteiger partial charge in [-0.15, -0.1) is 0 Å². The second-order valence-electron chi connectivity index (χ2n) is 7.34. The third-order valence-corrected chi connectivity index (χ3v) is 9.07. The Labute approximate surface area is 189 Å². The number of carbonyl (C=O) groups excluding carboxylic acids is 1. The minimum Gasteiger partial charge on any atom is -0.495 e. The van der Waals surface area contributed by atoms with E-state index in [0.717, 1.165) is 17.1 Å². The molecular formula is C21H27N3O6S2. The van der Waals surface area contributed by atoms with Crippen molar-refractivity contribution in [3.8, 4) is 5.75 Å². The minimum atomic E-state index is -3.65. The van der Waals surface area contributed by atoms with Gasteiger partial charge in [0.05, 0.1) is 29.1 Å². The molecule has 1 saturated heterocycles. The molecule has 1 fully saturated rings. The van der Waals surface area contributed by atoms with E-state index >= 15 is 0 Å². The molecule has 0 saturated carbocycles. The number of rotatable bonds is 8. The van der Waals surface area contributed by atoms with E-state index in [1.807, 2.05) is 0 Å². The van der Waals surface area contributed by atoms with Crippen LogP contribution in [-0.4, -0.2) is 60.0 Å². The molecule has 1 N–H and O–H groups in total. The van der Waals surface area contributed by atoms with Gasteiger partial charge in [-0.25, -0.2) is 16.8 Å². The molecule has 1 aliphatic heterocycles. The van der Waals surface area contributed by atoms with Crippen molar-refractivity contribution in [3.63, 3.8) is 0 Å². The summed E-state index contributed by atoms with van der Waals surface area (Å²) < 4.78 is 57.6. The van der Waals surface area contributed by atoms with Crippen LogP contribution in [0.3, 0.4) is 0 Å². The van der Waals surface area contributed by atoms with Crippen LogP contribution in [-0.2, 0) is 20.0 Å². The lowest BCUT2D eigenvalue weighted by Crippen LogP contribution is -2.28. The first-order chi connectivity index (χ1) is 15.1. The molecule has 3 rings (SSSR count). The number of hydrogen-bond acceptors (Lipinski definition) is 6. The summed E-state index contributed by atoms with van der Waals surface area (Å²) in [5.74, 6) is -0.196. The highest BCUT2D eigenvalue weighted by Gasteiger charge is 2.28. The lowest BCUT2D eigenvalue weighted by Gasteiger charge is -2.19. The third kappa shape index (κ3) is 4.89. The predicted octanol–water partition coefficient (Wildman–Crippen LogP) is 2.52. The predicted molar refractivity (Wildman–Crippen MR) is 123 cm³/mol. The van der Waals surface area contributed by atoms with Crippen LogP contribution in [0.25, 0.3) is 0 Å². The number of amides is 1. The zero-order valence-corrected chi connectivity index (χ0v) is 19.9. The van der Waals surface area contributed by atoms with Gasteiger partial charge in [-0.2, -0.15) is 4.31 Å². The summed E-state index contributed by atoms with van der Waals surface area (Å²) in [6.45, 7) is 2.51. The molecule has 1 heterocycles. The normalized spacial score (nSPS) is 14.8. The number of ether oxygens (including phenoxy) is 1. The SMILES string of the molecule is CCS(=O)(=O)N(C)c1ccc(C(=O)Nc2cc(S(=O)(=O)N3CCCC3)ccc2OC)cc1. The maximum Gasteiger partial charge on any atom is 0.255 e. The first-order valence-corrected chi connectivity index (χ1v) is 13.2. The second kappa shape index (κ2) is 9.47. The van der Waals surface area contributed by atoms with E-state index in [4.69, 9.17) is 4.74 Å². The van der Waals surface area contributed by atoms with Crippen molar-refractivity contribution in [1.82, 2.24) is 4.31 Å². The fourth-order valence-electron chi connectivity index (χ4n) is 3.39. The van der Waals surface area contributed by atoms with E-state index < -0.39 is 26.0 Å². The molecule has 32 heavy (non-hydrogen) atoms. The Balaban J connectivity index is 1.84. The molecule has 0 atom stereocenters. The summed E-state index contributed by atoms with van der Waals surface area (Å²) in [5, 5.41) is 2.69. The van der Waals surface area contributed by atoms with Crippen molar-refractivity contribution in [2.45, 2.75) is 24.7 Å². The van der Waals surface area contributed by atoms with Gasteiger partial charge in [0.1, 0.15) is 5.75 Å². The van der Waals surface area contributed by atoms with Crippen LogP contribution in [0.15, 0.2) is 47.4 Å². The van der Waals surface area contributed by atoms with Crippen molar-refractivity contribution in [3.05, 3.63) is 48.0 Å². The fourth-order valence-corrected chi connectivity index (χ4v) is 5.77. The first-order valence-electron chi connectivity index (χ1n) is 10.2. The Morgan fingerprint density at radius 2 is 1.69 bits per heavy atom. The smallest absolute Gasteiger partial charge is 0.255 e. The van der Waals surface area contributed by atoms with Crippen molar-refractivity contribution in [2.24, 2.45) is 0 Å². The average Bonchev–Trinajstić information content (AvgIpc) is 3.34. The average molecular weight is 482 g/mol. The Kier molecular flexibility index (Phi) is 7.11. The molecular weight excluding hydrogens is 454 g/mol. The molecule has 2 aromatic rings. The van der Waals surface area contributed by atoms with E-state index in [9.17, 15) is 21.6 Å². The maximum atomic E-state index is 12.9. The number of nitrogens with zero attached hydrogens (tertiary/aromatic N) is 2. The van der Waals surface area contributed by atoms with E-state index in [2.05, 4.69) is 5.32 Å². The standard InChI is InChI=1S/C21H27N3O6S2/c1-4-31(26,27)23(2)17-9-7-16(8-10-17)21(25)22-19-15-18(11-12-20(19)30-3)32(28,29)24-13-5-6-14-24/h7-12,15H,4-6,13-14H2,1-3H3,(H,22,25). The van der Waals surface area contributed by atoms with Gasteiger partial charge in [0.2, 0.25) is 20.0 Å². The van der Waals surface area contributed by atoms with Crippen LogP contribution in [0.2, 0.25) is 0 Å². The van der Waals surface area contributed by atoms with E-state index in [1.54, 1.807) is 6.92 Å². The second-order valence-corrected chi connectivity index (χ2v) is 11.6. The number of methoxy groups -OCH3 is 1. The summed E-state index contributed by atoms with van der Waals surface area (Å²) in [6, 6.07) is 10.4. The molecule has 11 heteroatoms. The number of hydrogen-bond donors (Lipinski definition) is 1. The molecule has 1 aliphatic rings. The van der Waals surface area contributed by atoms with Crippen LogP contribution in [0.5, 0.6) is 5.75 Å². The van der Waals surface area contributed by atoms with Crippen molar-refractivity contribution in [2.75, 3.05) is 42.6 Å². The number of sulfonamides is 2. The topological polar surface area (TPSA) is 113 Å². The Morgan fingerprint density at radius 1 is 1.06 bits per heavy atom. The summed E-state index contributed by atoms with van der Waals surface area (Å²) >= 11 is 0. The van der Waals surface area contributed by atoms with Gasteiger partial charge in [-0.1, -0.05) is 0 Å². The van der Waals surface area contributed by atoms with Gasteiger partial charge in [-0.3, -0.25) is 9.10 Å². The highest BCUT2D eigenvalue weighted by atomic mass is 32.2. The fraction of sp³-hybridized carbons (Fsp3) is 0.381. The van der Waals surface area contributed by atoms with E-state index in [0.29, 0.717) is 24.5 Å². The van der Waals surface area contributed by atoms with Gasteiger partial charge in [0.15, 0.2) is 0 Å². The monoisotopic (exact) mass is 481 g/mol. The summed E-state index contributed by atoms with van der Waals surface area (Å²) in [4.78, 5) is 12.9. The minimum absolute atomic E-state index is 0.0395. The van der Waals surface area contributed by atoms with Crippen molar-refractivity contribution in [1.29, 1.82) is 0 Å². The van der Waals surface area contributed by atoms with E-state index in [1.165, 1.54) is 60.9 Å². The molecule has 0 aromatic heterocycles. The summed E-state index contributed by atoms with van der Waals surface area (Å²) in [5.41, 5.74) is 0.943. The largest absolute Gasteiger partial charge is 0.495 e. The third-order valence-electron chi connectivity index (χ3n) is 5.40. The van der Waals surface area contributed by atoms with Gasteiger partial charge in [0.25, 0.3) is 5.91 Å². The highest BCUT2D eigenvalue weighted by molar-refractivity contribution is 7.92. The quantitative estimate of drug-likeness (QED) is 0.620. The number of anilines is 2. The Bertz CT molecular complexity index is 1190. The molecule has 174 valence electrons. The molecule has 1 amide bonds. The molecule has 9 nitrogen and oxygen atoms in total. The van der Waals surface area contributed by atoms with Gasteiger partial charge >= 0.3 is 0 Å². The highest BCUT2D eigenvalue weighted by Crippen LogP contribution is 2.30. The molecule has 2 aromatic carbocycles. The van der Waals surface area contributed by atoms with Gasteiger partial charge in [0, 0.05) is 25.7 Å². The first kappa shape index (κ1) is 24.0. The summed E-state index contributed by atoms with van der Waals surface area (Å²) in [7, 11) is -4.19. The van der Waals surface area contributed by atoms with Crippen molar-refractivity contribution < 1.29 is 26.4 Å². The summed E-state index contributed by atoms with van der Waals surface area (Å²) in [6.07, 6.45) is 1.65. The van der Waals surface area contributed by atoms with Crippen LogP contribution in [0.1, 0.15) is 30.1 Å². The lowest BCUT2D eigenvalue weighted by molar-refractivity contribution is 0.102. The van der Waals surface area contributed by atoms with Gasteiger partial charge < -0.3 is 10.1 Å². The Hall–Kier alpha value is -2.63. The Morgan fingerprint density at radius 3 is 2.25 bits per heavy atom. The molecule has 0 bridgehead atoms. The van der Waals surface area contributed by atoms with Gasteiger partial charge in [-0.05, 0) is 62.2 Å². The van der Waals surface area contributed by atoms with Crippen LogP contribution >= 0.6 is 0 Å². The number of nitrogens with one attached hydrogen (secondary N) is 1. The molecule has 0 aliphatic carbocycles. The lowest BCUT2D eigenvalue weighted by atomic mass is 10.2. The molecule has 0 spiro atoms. The van der Waals surface area contributed by atoms with E-state index in [-0.39, 0.29) is 21.9 Å². The van der Waals surface area contributed by atoms with Crippen LogP contribution in [0, 0.1) is 0 Å². The van der Waals surface area contributed by atoms with Crippen LogP contribution in [0.4, 0.5) is 11.4 Å². The maximum absolute atomic E-state index is 12.9. The molecule has 0 radical (unpaired) electrons.